The number of nitrogens with one attached hydrogen (secondary N) is 1. The van der Waals surface area contributed by atoms with E-state index in [9.17, 15) is 13.2 Å². The van der Waals surface area contributed by atoms with Crippen molar-refractivity contribution in [2.24, 2.45) is 23.2 Å². The number of ether oxygens (including phenoxy) is 1. The quantitative estimate of drug-likeness (QED) is 0.775. The highest BCUT2D eigenvalue weighted by Crippen LogP contribution is 2.51. The Kier molecular flexibility index (Phi) is 5.54. The number of rotatable bonds is 7. The molecule has 2 atom stereocenters. The van der Waals surface area contributed by atoms with Gasteiger partial charge in [-0.3, -0.25) is 0 Å². The number of halogens is 3. The van der Waals surface area contributed by atoms with Crippen LogP contribution in [0.25, 0.3) is 0 Å². The normalized spacial score (nSPS) is 26.0. The SMILES string of the molecule is CC(C)(C)CCN1CC2C(CNCc3cccc(OC(F)(F)F)c3)C2C1. The van der Waals surface area contributed by atoms with Gasteiger partial charge in [0.05, 0.1) is 0 Å². The average Bonchev–Trinajstić information content (AvgIpc) is 2.96. The maximum absolute atomic E-state index is 12.3. The number of nitrogens with zero attached hydrogens (tertiary/aromatic N) is 1. The Morgan fingerprint density at radius 2 is 1.85 bits per heavy atom. The van der Waals surface area contributed by atoms with Gasteiger partial charge in [0.15, 0.2) is 0 Å². The summed E-state index contributed by atoms with van der Waals surface area (Å²) in [7, 11) is 0. The highest BCUT2D eigenvalue weighted by molar-refractivity contribution is 5.28. The summed E-state index contributed by atoms with van der Waals surface area (Å²) in [6, 6.07) is 6.19. The van der Waals surface area contributed by atoms with Gasteiger partial charge in [0, 0.05) is 19.6 Å². The standard InChI is InChI=1S/C20H29F3N2O/c1-19(2,3)7-8-25-12-17-16(18(17)13-25)11-24-10-14-5-4-6-15(9-14)26-20(21,22)23/h4-6,9,16-18,24H,7-8,10-13H2,1-3H3. The zero-order valence-electron chi connectivity index (χ0n) is 15.8. The third-order valence-corrected chi connectivity index (χ3v) is 5.47. The fourth-order valence-electron chi connectivity index (χ4n) is 3.95. The van der Waals surface area contributed by atoms with Crippen molar-refractivity contribution in [1.29, 1.82) is 0 Å². The van der Waals surface area contributed by atoms with Crippen molar-refractivity contribution in [3.63, 3.8) is 0 Å². The van der Waals surface area contributed by atoms with Gasteiger partial charge in [-0.05, 0) is 60.4 Å². The number of fused-ring (bicyclic) bond motifs is 1. The van der Waals surface area contributed by atoms with Crippen LogP contribution in [0.1, 0.15) is 32.8 Å². The highest BCUT2D eigenvalue weighted by atomic mass is 19.4. The first-order valence-corrected chi connectivity index (χ1v) is 9.38. The number of benzene rings is 1. The first kappa shape index (κ1) is 19.5. The number of likely N-dealkylation sites (tertiary alicyclic amines) is 1. The van der Waals surface area contributed by atoms with Crippen LogP contribution in [0, 0.1) is 23.2 Å². The lowest BCUT2D eigenvalue weighted by Crippen LogP contribution is -2.30. The van der Waals surface area contributed by atoms with E-state index in [0.29, 0.717) is 12.0 Å². The van der Waals surface area contributed by atoms with Gasteiger partial charge < -0.3 is 15.0 Å². The summed E-state index contributed by atoms with van der Waals surface area (Å²) >= 11 is 0. The molecular weight excluding hydrogens is 341 g/mol. The van der Waals surface area contributed by atoms with Gasteiger partial charge >= 0.3 is 6.36 Å². The maximum atomic E-state index is 12.3. The van der Waals surface area contributed by atoms with E-state index in [-0.39, 0.29) is 5.75 Å². The third kappa shape index (κ3) is 5.61. The van der Waals surface area contributed by atoms with Crippen LogP contribution in [-0.4, -0.2) is 37.4 Å². The molecule has 0 aromatic heterocycles. The predicted molar refractivity (Wildman–Crippen MR) is 95.8 cm³/mol. The van der Waals surface area contributed by atoms with E-state index < -0.39 is 6.36 Å². The Hall–Kier alpha value is -1.27. The van der Waals surface area contributed by atoms with E-state index in [2.05, 4.69) is 35.7 Å². The van der Waals surface area contributed by atoms with E-state index in [0.717, 1.165) is 29.9 Å². The average molecular weight is 370 g/mol. The molecule has 2 unspecified atom stereocenters. The highest BCUT2D eigenvalue weighted by Gasteiger charge is 2.54. The first-order chi connectivity index (χ1) is 12.1. The molecule has 1 aliphatic carbocycles. The molecule has 1 aromatic rings. The lowest BCUT2D eigenvalue weighted by atomic mass is 9.92. The van der Waals surface area contributed by atoms with Crippen LogP contribution in [0.15, 0.2) is 24.3 Å². The van der Waals surface area contributed by atoms with E-state index >= 15 is 0 Å². The van der Waals surface area contributed by atoms with Crippen LogP contribution in [0.5, 0.6) is 5.75 Å². The van der Waals surface area contributed by atoms with Gasteiger partial charge in [-0.1, -0.05) is 32.9 Å². The molecule has 0 spiro atoms. The smallest absolute Gasteiger partial charge is 0.406 e. The molecule has 0 amide bonds. The summed E-state index contributed by atoms with van der Waals surface area (Å²) in [5.74, 6) is 2.15. The largest absolute Gasteiger partial charge is 0.573 e. The summed E-state index contributed by atoms with van der Waals surface area (Å²) in [5.41, 5.74) is 1.20. The molecule has 0 bridgehead atoms. The number of piperidine rings is 1. The van der Waals surface area contributed by atoms with Gasteiger partial charge in [0.2, 0.25) is 0 Å². The van der Waals surface area contributed by atoms with Crippen molar-refractivity contribution >= 4 is 0 Å². The molecule has 2 aliphatic rings. The fraction of sp³-hybridized carbons (Fsp3) is 0.700. The van der Waals surface area contributed by atoms with Gasteiger partial charge in [-0.15, -0.1) is 13.2 Å². The minimum Gasteiger partial charge on any atom is -0.406 e. The topological polar surface area (TPSA) is 24.5 Å². The number of alkyl halides is 3. The second-order valence-corrected chi connectivity index (χ2v) is 8.89. The van der Waals surface area contributed by atoms with Crippen LogP contribution in [-0.2, 0) is 6.54 Å². The second-order valence-electron chi connectivity index (χ2n) is 8.89. The molecule has 0 radical (unpaired) electrons. The van der Waals surface area contributed by atoms with Crippen molar-refractivity contribution in [2.45, 2.75) is 40.1 Å². The minimum atomic E-state index is -4.64. The van der Waals surface area contributed by atoms with Crippen LogP contribution < -0.4 is 10.1 Å². The summed E-state index contributed by atoms with van der Waals surface area (Å²) in [6.45, 7) is 11.9. The van der Waals surface area contributed by atoms with Gasteiger partial charge in [-0.25, -0.2) is 0 Å². The van der Waals surface area contributed by atoms with Crippen molar-refractivity contribution in [3.8, 4) is 5.75 Å². The second kappa shape index (κ2) is 7.39. The van der Waals surface area contributed by atoms with Crippen LogP contribution >= 0.6 is 0 Å². The molecule has 146 valence electrons. The lowest BCUT2D eigenvalue weighted by Gasteiger charge is -2.25. The van der Waals surface area contributed by atoms with E-state index in [1.165, 1.54) is 38.2 Å². The Labute approximate surface area is 153 Å². The Morgan fingerprint density at radius 3 is 2.46 bits per heavy atom. The molecule has 3 nitrogen and oxygen atoms in total. The molecular formula is C20H29F3N2O. The number of hydrogen-bond donors (Lipinski definition) is 1. The summed E-state index contributed by atoms with van der Waals surface area (Å²) in [4.78, 5) is 2.58. The van der Waals surface area contributed by atoms with Crippen LogP contribution in [0.2, 0.25) is 0 Å². The van der Waals surface area contributed by atoms with Gasteiger partial charge in [-0.2, -0.15) is 0 Å². The van der Waals surface area contributed by atoms with Gasteiger partial charge in [0.1, 0.15) is 5.75 Å². The van der Waals surface area contributed by atoms with Crippen molar-refractivity contribution in [2.75, 3.05) is 26.2 Å². The monoisotopic (exact) mass is 370 g/mol. The Morgan fingerprint density at radius 1 is 1.15 bits per heavy atom. The molecule has 6 heteroatoms. The predicted octanol–water partition coefficient (Wildman–Crippen LogP) is 4.29. The molecule has 2 fully saturated rings. The molecule has 1 aromatic carbocycles. The Bertz CT molecular complexity index is 600. The van der Waals surface area contributed by atoms with Crippen molar-refractivity contribution < 1.29 is 17.9 Å². The van der Waals surface area contributed by atoms with E-state index in [1.54, 1.807) is 6.07 Å². The third-order valence-electron chi connectivity index (χ3n) is 5.47. The molecule has 1 N–H and O–H groups in total. The summed E-state index contributed by atoms with van der Waals surface area (Å²) < 4.78 is 40.8. The molecule has 1 saturated carbocycles. The van der Waals surface area contributed by atoms with Crippen molar-refractivity contribution in [3.05, 3.63) is 29.8 Å². The first-order valence-electron chi connectivity index (χ1n) is 9.38. The number of hydrogen-bond acceptors (Lipinski definition) is 3. The fourth-order valence-corrected chi connectivity index (χ4v) is 3.95. The molecule has 1 heterocycles. The van der Waals surface area contributed by atoms with Crippen LogP contribution in [0.4, 0.5) is 13.2 Å². The Balaban J connectivity index is 1.36. The zero-order valence-corrected chi connectivity index (χ0v) is 15.8. The maximum Gasteiger partial charge on any atom is 0.573 e. The van der Waals surface area contributed by atoms with Gasteiger partial charge in [0.25, 0.3) is 0 Å². The van der Waals surface area contributed by atoms with E-state index in [1.807, 2.05) is 6.07 Å². The summed E-state index contributed by atoms with van der Waals surface area (Å²) in [5, 5.41) is 3.40. The summed E-state index contributed by atoms with van der Waals surface area (Å²) in [6.07, 6.45) is -3.41. The lowest BCUT2D eigenvalue weighted by molar-refractivity contribution is -0.274. The van der Waals surface area contributed by atoms with Crippen LogP contribution in [0.3, 0.4) is 0 Å². The molecule has 1 saturated heterocycles. The minimum absolute atomic E-state index is 0.158. The molecule has 3 rings (SSSR count). The molecule has 1 aliphatic heterocycles. The molecule has 26 heavy (non-hydrogen) atoms. The van der Waals surface area contributed by atoms with Crippen molar-refractivity contribution in [1.82, 2.24) is 10.2 Å². The zero-order chi connectivity index (χ0) is 18.9. The van der Waals surface area contributed by atoms with E-state index in [4.69, 9.17) is 0 Å².